The van der Waals surface area contributed by atoms with E-state index >= 15 is 0 Å². The summed E-state index contributed by atoms with van der Waals surface area (Å²) < 4.78 is 0. The number of likely N-dealkylation sites (tertiary alicyclic amines) is 2. The van der Waals surface area contributed by atoms with Gasteiger partial charge in [0.25, 0.3) is 0 Å². The number of nitrogens with zero attached hydrogens (tertiary/aromatic N) is 2. The summed E-state index contributed by atoms with van der Waals surface area (Å²) in [6.45, 7) is 3.77. The summed E-state index contributed by atoms with van der Waals surface area (Å²) in [5, 5.41) is 0. The summed E-state index contributed by atoms with van der Waals surface area (Å²) in [6, 6.07) is 0.880. The highest BCUT2D eigenvalue weighted by Gasteiger charge is 2.45. The smallest absolute Gasteiger partial charge is 0.227 e. The second kappa shape index (κ2) is 6.10. The fourth-order valence-corrected chi connectivity index (χ4v) is 5.27. The first-order valence-electron chi connectivity index (χ1n) is 9.76. The van der Waals surface area contributed by atoms with Gasteiger partial charge in [-0.1, -0.05) is 12.8 Å². The Balaban J connectivity index is 1.44. The topological polar surface area (TPSA) is 40.6 Å². The minimum Gasteiger partial charge on any atom is -0.342 e. The van der Waals surface area contributed by atoms with E-state index in [-0.39, 0.29) is 11.8 Å². The highest BCUT2D eigenvalue weighted by Crippen LogP contribution is 2.41. The van der Waals surface area contributed by atoms with Crippen LogP contribution in [0.2, 0.25) is 0 Å². The largest absolute Gasteiger partial charge is 0.342 e. The van der Waals surface area contributed by atoms with Crippen molar-refractivity contribution in [1.29, 1.82) is 0 Å². The van der Waals surface area contributed by atoms with Gasteiger partial charge in [-0.25, -0.2) is 0 Å². The molecule has 2 amide bonds. The van der Waals surface area contributed by atoms with E-state index in [1.807, 2.05) is 4.90 Å². The number of carbonyl (C=O) groups is 2. The zero-order chi connectivity index (χ0) is 16.0. The Morgan fingerprint density at radius 1 is 0.870 bits per heavy atom. The first kappa shape index (κ1) is 15.5. The third kappa shape index (κ3) is 2.89. The molecule has 0 aromatic carbocycles. The first-order chi connectivity index (χ1) is 11.1. The summed E-state index contributed by atoms with van der Waals surface area (Å²) in [7, 11) is 0. The number of amides is 2. The van der Waals surface area contributed by atoms with Gasteiger partial charge in [0, 0.05) is 31.1 Å². The molecule has 4 rings (SSSR count). The second-order valence-corrected chi connectivity index (χ2v) is 8.34. The van der Waals surface area contributed by atoms with Gasteiger partial charge in [0.05, 0.1) is 5.92 Å². The average molecular weight is 318 g/mol. The summed E-state index contributed by atoms with van der Waals surface area (Å²) in [5.74, 6) is 1.72. The van der Waals surface area contributed by atoms with Crippen LogP contribution in [0, 0.1) is 17.8 Å². The first-order valence-corrected chi connectivity index (χ1v) is 9.76. The van der Waals surface area contributed by atoms with Crippen molar-refractivity contribution in [1.82, 2.24) is 9.80 Å². The highest BCUT2D eigenvalue weighted by atomic mass is 16.2. The molecule has 2 aliphatic heterocycles. The normalized spacial score (nSPS) is 37.6. The molecule has 2 heterocycles. The van der Waals surface area contributed by atoms with Gasteiger partial charge >= 0.3 is 0 Å². The Morgan fingerprint density at radius 2 is 1.65 bits per heavy atom. The van der Waals surface area contributed by atoms with Crippen molar-refractivity contribution in [2.24, 2.45) is 17.8 Å². The van der Waals surface area contributed by atoms with Crippen molar-refractivity contribution in [3.05, 3.63) is 0 Å². The molecule has 0 N–H and O–H groups in total. The van der Waals surface area contributed by atoms with Crippen LogP contribution in [0.25, 0.3) is 0 Å². The standard InChI is InChI=1S/C19H30N2O2/c1-13-11-15-5-2-3-7-17(15)21(13)19(23)16-6-4-10-20(12-16)18(22)14-8-9-14/h13-17H,2-12H2,1H3/t13-,15+,16-,17+/m1/s1. The fourth-order valence-electron chi connectivity index (χ4n) is 5.27. The van der Waals surface area contributed by atoms with Crippen LogP contribution in [0.15, 0.2) is 0 Å². The van der Waals surface area contributed by atoms with Crippen molar-refractivity contribution in [3.8, 4) is 0 Å². The van der Waals surface area contributed by atoms with E-state index in [1.165, 1.54) is 32.1 Å². The third-order valence-electron chi connectivity index (χ3n) is 6.61. The molecule has 0 radical (unpaired) electrons. The molecule has 2 aliphatic carbocycles. The average Bonchev–Trinajstić information content (AvgIpc) is 3.36. The zero-order valence-corrected chi connectivity index (χ0v) is 14.4. The van der Waals surface area contributed by atoms with Gasteiger partial charge in [0.2, 0.25) is 11.8 Å². The van der Waals surface area contributed by atoms with Crippen molar-refractivity contribution in [2.75, 3.05) is 13.1 Å². The maximum Gasteiger partial charge on any atom is 0.227 e. The van der Waals surface area contributed by atoms with Crippen LogP contribution in [0.5, 0.6) is 0 Å². The molecule has 2 saturated carbocycles. The summed E-state index contributed by atoms with van der Waals surface area (Å²) >= 11 is 0. The number of rotatable bonds is 2. The van der Waals surface area contributed by atoms with Crippen molar-refractivity contribution in [2.45, 2.75) is 76.8 Å². The Bertz CT molecular complexity index is 488. The van der Waals surface area contributed by atoms with Crippen LogP contribution in [-0.2, 0) is 9.59 Å². The SMILES string of the molecule is C[C@@H]1C[C@@H]2CCCC[C@@H]2N1C(=O)[C@@H]1CCCN(C(=O)C2CC2)C1. The lowest BCUT2D eigenvalue weighted by Gasteiger charge is -2.39. The van der Waals surface area contributed by atoms with E-state index in [9.17, 15) is 9.59 Å². The molecule has 128 valence electrons. The van der Waals surface area contributed by atoms with E-state index in [0.29, 0.717) is 30.4 Å². The molecule has 4 nitrogen and oxygen atoms in total. The molecule has 4 atom stereocenters. The van der Waals surface area contributed by atoms with E-state index in [0.717, 1.165) is 38.1 Å². The fraction of sp³-hybridized carbons (Fsp3) is 0.895. The maximum atomic E-state index is 13.2. The summed E-state index contributed by atoms with van der Waals surface area (Å²) in [5.41, 5.74) is 0. The lowest BCUT2D eigenvalue weighted by Crippen LogP contribution is -2.50. The van der Waals surface area contributed by atoms with E-state index in [4.69, 9.17) is 0 Å². The monoisotopic (exact) mass is 318 g/mol. The molecule has 4 aliphatic rings. The molecule has 4 fully saturated rings. The Morgan fingerprint density at radius 3 is 2.43 bits per heavy atom. The van der Waals surface area contributed by atoms with Crippen LogP contribution >= 0.6 is 0 Å². The van der Waals surface area contributed by atoms with E-state index in [1.54, 1.807) is 0 Å². The van der Waals surface area contributed by atoms with Crippen LogP contribution in [-0.4, -0.2) is 46.8 Å². The van der Waals surface area contributed by atoms with Gasteiger partial charge in [-0.3, -0.25) is 9.59 Å². The highest BCUT2D eigenvalue weighted by molar-refractivity contribution is 5.84. The van der Waals surface area contributed by atoms with Crippen LogP contribution < -0.4 is 0 Å². The molecule has 0 bridgehead atoms. The van der Waals surface area contributed by atoms with Gasteiger partial charge in [0.1, 0.15) is 0 Å². The minimum atomic E-state index is 0.0505. The minimum absolute atomic E-state index is 0.0505. The van der Waals surface area contributed by atoms with Gasteiger partial charge in [-0.15, -0.1) is 0 Å². The number of piperidine rings is 1. The zero-order valence-electron chi connectivity index (χ0n) is 14.4. The van der Waals surface area contributed by atoms with E-state index in [2.05, 4.69) is 11.8 Å². The maximum absolute atomic E-state index is 13.2. The molecule has 0 aromatic heterocycles. The lowest BCUT2D eigenvalue weighted by atomic mass is 9.84. The molecular formula is C19H30N2O2. The van der Waals surface area contributed by atoms with Crippen LogP contribution in [0.1, 0.15) is 64.7 Å². The summed E-state index contributed by atoms with van der Waals surface area (Å²) in [6.07, 6.45) is 10.4. The van der Waals surface area contributed by atoms with E-state index < -0.39 is 0 Å². The number of carbonyl (C=O) groups excluding carboxylic acids is 2. The predicted molar refractivity (Wildman–Crippen MR) is 88.7 cm³/mol. The number of hydrogen-bond donors (Lipinski definition) is 0. The van der Waals surface area contributed by atoms with Crippen LogP contribution in [0.4, 0.5) is 0 Å². The van der Waals surface area contributed by atoms with Gasteiger partial charge in [0.15, 0.2) is 0 Å². The molecule has 0 spiro atoms. The van der Waals surface area contributed by atoms with Crippen molar-refractivity contribution >= 4 is 11.8 Å². The number of fused-ring (bicyclic) bond motifs is 1. The van der Waals surface area contributed by atoms with Crippen LogP contribution in [0.3, 0.4) is 0 Å². The Labute approximate surface area is 139 Å². The molecule has 4 heteroatoms. The molecule has 23 heavy (non-hydrogen) atoms. The van der Waals surface area contributed by atoms with Gasteiger partial charge in [-0.05, 0) is 57.8 Å². The van der Waals surface area contributed by atoms with Crippen molar-refractivity contribution < 1.29 is 9.59 Å². The predicted octanol–water partition coefficient (Wildman–Crippen LogP) is 2.81. The molecule has 0 aromatic rings. The lowest BCUT2D eigenvalue weighted by molar-refractivity contribution is -0.143. The van der Waals surface area contributed by atoms with Gasteiger partial charge < -0.3 is 9.80 Å². The number of hydrogen-bond acceptors (Lipinski definition) is 2. The molecular weight excluding hydrogens is 288 g/mol. The Hall–Kier alpha value is -1.06. The Kier molecular flexibility index (Phi) is 4.10. The molecule has 2 saturated heterocycles. The third-order valence-corrected chi connectivity index (χ3v) is 6.61. The van der Waals surface area contributed by atoms with Crippen molar-refractivity contribution in [3.63, 3.8) is 0 Å². The molecule has 0 unspecified atom stereocenters. The summed E-state index contributed by atoms with van der Waals surface area (Å²) in [4.78, 5) is 29.8. The van der Waals surface area contributed by atoms with Gasteiger partial charge in [-0.2, -0.15) is 0 Å². The second-order valence-electron chi connectivity index (χ2n) is 8.34. The quantitative estimate of drug-likeness (QED) is 0.785.